The number of fused-ring (bicyclic) bond motifs is 1. The minimum Gasteiger partial charge on any atom is -0.328 e. The van der Waals surface area contributed by atoms with Gasteiger partial charge in [-0.3, -0.25) is 4.40 Å². The third-order valence-electron chi connectivity index (χ3n) is 4.54. The quantitative estimate of drug-likeness (QED) is 0.458. The fraction of sp³-hybridized carbons (Fsp3) is 0.263. The molecule has 2 amide bonds. The number of carbonyl (C=O) groups is 1. The second kappa shape index (κ2) is 8.49. The minimum atomic E-state index is -0.333. The lowest BCUT2D eigenvalue weighted by atomic mass is 10.0. The molecule has 30 heavy (non-hydrogen) atoms. The number of pyridine rings is 1. The topological polar surface area (TPSA) is 115 Å². The molecule has 4 aromatic rings. The number of anilines is 1. The Hall–Kier alpha value is -3.47. The highest BCUT2D eigenvalue weighted by molar-refractivity contribution is 7.98. The number of thioether (sulfide) groups is 1. The molecule has 11 heteroatoms. The van der Waals surface area contributed by atoms with Gasteiger partial charge in [0.25, 0.3) is 0 Å². The van der Waals surface area contributed by atoms with Crippen LogP contribution in [0.3, 0.4) is 0 Å². The Morgan fingerprint density at radius 3 is 2.77 bits per heavy atom. The van der Waals surface area contributed by atoms with E-state index in [4.69, 9.17) is 0 Å². The number of tetrazole rings is 1. The van der Waals surface area contributed by atoms with Crippen molar-refractivity contribution < 1.29 is 4.79 Å². The number of carbonyl (C=O) groups excluding carboxylic acids is 1. The van der Waals surface area contributed by atoms with Crippen LogP contribution in [-0.4, -0.2) is 47.1 Å². The molecular weight excluding hydrogens is 402 g/mol. The minimum absolute atomic E-state index is 0.111. The standard InChI is InChI=1S/C19H21N9OS/c1-12(2)16(17-23-22-15-9-4-5-10-27(15)17)21-18(29)20-13-7-6-8-14(11-13)28-19(30-3)24-25-26-28/h4-12,16H,1-3H3,(H2,20,21,29). The van der Waals surface area contributed by atoms with Crippen LogP contribution < -0.4 is 10.6 Å². The molecule has 0 aliphatic rings. The van der Waals surface area contributed by atoms with Crippen molar-refractivity contribution >= 4 is 29.1 Å². The van der Waals surface area contributed by atoms with Crippen molar-refractivity contribution in [2.75, 3.05) is 11.6 Å². The van der Waals surface area contributed by atoms with Crippen LogP contribution in [0.5, 0.6) is 0 Å². The molecule has 154 valence electrons. The largest absolute Gasteiger partial charge is 0.328 e. The second-order valence-electron chi connectivity index (χ2n) is 6.93. The molecule has 1 unspecified atom stereocenters. The fourth-order valence-corrected chi connectivity index (χ4v) is 3.53. The van der Waals surface area contributed by atoms with Crippen LogP contribution in [0.4, 0.5) is 10.5 Å². The maximum absolute atomic E-state index is 12.7. The fourth-order valence-electron chi connectivity index (χ4n) is 3.09. The van der Waals surface area contributed by atoms with Crippen molar-refractivity contribution in [2.45, 2.75) is 25.0 Å². The van der Waals surface area contributed by atoms with Gasteiger partial charge >= 0.3 is 6.03 Å². The third-order valence-corrected chi connectivity index (χ3v) is 5.16. The Balaban J connectivity index is 1.53. The van der Waals surface area contributed by atoms with Gasteiger partial charge in [-0.1, -0.05) is 37.7 Å². The molecule has 0 fully saturated rings. The second-order valence-corrected chi connectivity index (χ2v) is 7.71. The predicted octanol–water partition coefficient (Wildman–Crippen LogP) is 2.95. The maximum Gasteiger partial charge on any atom is 0.319 e. The number of amides is 2. The van der Waals surface area contributed by atoms with E-state index in [2.05, 4.69) is 36.4 Å². The lowest BCUT2D eigenvalue weighted by Gasteiger charge is -2.21. The molecule has 1 atom stereocenters. The van der Waals surface area contributed by atoms with E-state index in [0.29, 0.717) is 16.7 Å². The van der Waals surface area contributed by atoms with Crippen LogP contribution in [0.1, 0.15) is 25.7 Å². The summed E-state index contributed by atoms with van der Waals surface area (Å²) in [5.41, 5.74) is 2.12. The molecule has 0 aliphatic carbocycles. The van der Waals surface area contributed by atoms with Gasteiger partial charge in [0.05, 0.1) is 11.7 Å². The summed E-state index contributed by atoms with van der Waals surface area (Å²) in [6.45, 7) is 4.05. The molecule has 1 aromatic carbocycles. The van der Waals surface area contributed by atoms with E-state index in [0.717, 1.165) is 11.3 Å². The van der Waals surface area contributed by atoms with Crippen molar-refractivity contribution in [1.82, 2.24) is 40.1 Å². The van der Waals surface area contributed by atoms with Gasteiger partial charge in [-0.25, -0.2) is 4.79 Å². The molecule has 3 heterocycles. The van der Waals surface area contributed by atoms with Gasteiger partial charge < -0.3 is 10.6 Å². The smallest absolute Gasteiger partial charge is 0.319 e. The zero-order chi connectivity index (χ0) is 21.1. The molecule has 4 rings (SSSR count). The summed E-state index contributed by atoms with van der Waals surface area (Å²) in [4.78, 5) is 12.7. The molecule has 0 saturated heterocycles. The van der Waals surface area contributed by atoms with Crippen molar-refractivity contribution in [3.8, 4) is 5.69 Å². The molecule has 10 nitrogen and oxygen atoms in total. The monoisotopic (exact) mass is 423 g/mol. The Kier molecular flexibility index (Phi) is 5.61. The van der Waals surface area contributed by atoms with Gasteiger partial charge in [0.15, 0.2) is 11.5 Å². The number of hydrogen-bond donors (Lipinski definition) is 2. The summed E-state index contributed by atoms with van der Waals surface area (Å²) in [6.07, 6.45) is 3.79. The Morgan fingerprint density at radius 2 is 1.97 bits per heavy atom. The van der Waals surface area contributed by atoms with Gasteiger partial charge in [-0.2, -0.15) is 4.68 Å². The number of urea groups is 1. The van der Waals surface area contributed by atoms with Gasteiger partial charge in [-0.05, 0) is 52.9 Å². The van der Waals surface area contributed by atoms with Gasteiger partial charge in [0.1, 0.15) is 0 Å². The average molecular weight is 424 g/mol. The first-order valence-corrected chi connectivity index (χ1v) is 10.6. The van der Waals surface area contributed by atoms with Crippen LogP contribution in [0.25, 0.3) is 11.3 Å². The number of benzene rings is 1. The number of nitrogens with zero attached hydrogens (tertiary/aromatic N) is 7. The third kappa shape index (κ3) is 3.96. The Bertz CT molecular complexity index is 1170. The molecule has 0 saturated carbocycles. The van der Waals surface area contributed by atoms with Gasteiger partial charge in [-0.15, -0.1) is 15.3 Å². The zero-order valence-electron chi connectivity index (χ0n) is 16.7. The van der Waals surface area contributed by atoms with E-state index in [1.807, 2.05) is 73.2 Å². The van der Waals surface area contributed by atoms with Crippen LogP contribution in [0.2, 0.25) is 0 Å². The number of aromatic nitrogens is 7. The van der Waals surface area contributed by atoms with Crippen LogP contribution >= 0.6 is 11.8 Å². The first-order valence-electron chi connectivity index (χ1n) is 9.37. The summed E-state index contributed by atoms with van der Waals surface area (Å²) in [7, 11) is 0. The van der Waals surface area contributed by atoms with E-state index in [-0.39, 0.29) is 18.0 Å². The molecule has 3 aromatic heterocycles. The summed E-state index contributed by atoms with van der Waals surface area (Å²) in [6, 6.07) is 12.4. The molecular formula is C19H21N9OS. The molecule has 0 radical (unpaired) electrons. The van der Waals surface area contributed by atoms with E-state index in [9.17, 15) is 4.79 Å². The maximum atomic E-state index is 12.7. The highest BCUT2D eigenvalue weighted by atomic mass is 32.2. The SMILES string of the molecule is CSc1nnnn1-c1cccc(NC(=O)NC(c2nnc3ccccn23)C(C)C)c1. The zero-order valence-corrected chi connectivity index (χ0v) is 17.5. The lowest BCUT2D eigenvalue weighted by Crippen LogP contribution is -2.36. The van der Waals surface area contributed by atoms with Crippen molar-refractivity contribution in [2.24, 2.45) is 5.92 Å². The normalized spacial score (nSPS) is 12.3. The van der Waals surface area contributed by atoms with E-state index >= 15 is 0 Å². The number of hydrogen-bond acceptors (Lipinski definition) is 7. The molecule has 0 aliphatic heterocycles. The van der Waals surface area contributed by atoms with Gasteiger partial charge in [0, 0.05) is 11.9 Å². The number of nitrogens with one attached hydrogen (secondary N) is 2. The van der Waals surface area contributed by atoms with E-state index < -0.39 is 0 Å². The Labute approximate surface area is 177 Å². The van der Waals surface area contributed by atoms with Crippen molar-refractivity contribution in [1.29, 1.82) is 0 Å². The number of rotatable bonds is 6. The van der Waals surface area contributed by atoms with Crippen LogP contribution in [-0.2, 0) is 0 Å². The molecule has 0 spiro atoms. The molecule has 0 bridgehead atoms. The Morgan fingerprint density at radius 1 is 1.10 bits per heavy atom. The average Bonchev–Trinajstić information content (AvgIpc) is 3.39. The summed E-state index contributed by atoms with van der Waals surface area (Å²) < 4.78 is 3.50. The van der Waals surface area contributed by atoms with Crippen LogP contribution in [0.15, 0.2) is 53.8 Å². The molecule has 2 N–H and O–H groups in total. The highest BCUT2D eigenvalue weighted by Crippen LogP contribution is 2.22. The first kappa shape index (κ1) is 19.8. The highest BCUT2D eigenvalue weighted by Gasteiger charge is 2.23. The van der Waals surface area contributed by atoms with Crippen molar-refractivity contribution in [3.05, 3.63) is 54.5 Å². The van der Waals surface area contributed by atoms with E-state index in [1.165, 1.54) is 11.8 Å². The van der Waals surface area contributed by atoms with E-state index in [1.54, 1.807) is 4.68 Å². The first-order chi connectivity index (χ1) is 14.6. The summed E-state index contributed by atoms with van der Waals surface area (Å²) in [5, 5.41) is 26.7. The predicted molar refractivity (Wildman–Crippen MR) is 114 cm³/mol. The van der Waals surface area contributed by atoms with Crippen LogP contribution in [0, 0.1) is 5.92 Å². The summed E-state index contributed by atoms with van der Waals surface area (Å²) in [5.74, 6) is 0.794. The van der Waals surface area contributed by atoms with Gasteiger partial charge in [0.2, 0.25) is 5.16 Å². The summed E-state index contributed by atoms with van der Waals surface area (Å²) >= 11 is 1.44. The lowest BCUT2D eigenvalue weighted by molar-refractivity contribution is 0.243. The van der Waals surface area contributed by atoms with Crippen molar-refractivity contribution in [3.63, 3.8) is 0 Å².